The molecule has 1 N–H and O–H groups in total. The Kier molecular flexibility index (Phi) is 4.82. The number of amides is 2. The minimum Gasteiger partial charge on any atom is -0.326 e. The van der Waals surface area contributed by atoms with Crippen LogP contribution in [0.15, 0.2) is 57.5 Å². The maximum atomic E-state index is 12.4. The molecule has 118 valence electrons. The predicted octanol–water partition coefficient (Wildman–Crippen LogP) is 4.20. The first kappa shape index (κ1) is 16.2. The van der Waals surface area contributed by atoms with Gasteiger partial charge in [0.1, 0.15) is 0 Å². The standard InChI is InChI=1S/C17H14Br2N2O2/c18-12-4-3-5-13(9-12)20-17(23)11-8-16(22)21(10-11)15-7-2-1-6-14(15)19/h1-7,9,11H,8,10H2,(H,20,23). The van der Waals surface area contributed by atoms with Gasteiger partial charge in [0.15, 0.2) is 0 Å². The fraction of sp³-hybridized carbons (Fsp3) is 0.176. The van der Waals surface area contributed by atoms with Gasteiger partial charge in [-0.3, -0.25) is 9.59 Å². The number of benzene rings is 2. The minimum atomic E-state index is -0.353. The molecule has 2 amide bonds. The van der Waals surface area contributed by atoms with Gasteiger partial charge in [-0.05, 0) is 46.3 Å². The zero-order chi connectivity index (χ0) is 16.4. The van der Waals surface area contributed by atoms with E-state index in [2.05, 4.69) is 37.2 Å². The van der Waals surface area contributed by atoms with Crippen LogP contribution in [0.1, 0.15) is 6.42 Å². The quantitative estimate of drug-likeness (QED) is 0.782. The second kappa shape index (κ2) is 6.84. The Bertz CT molecular complexity index is 764. The Labute approximate surface area is 151 Å². The van der Waals surface area contributed by atoms with Crippen LogP contribution in [0.5, 0.6) is 0 Å². The lowest BCUT2D eigenvalue weighted by Gasteiger charge is -2.18. The minimum absolute atomic E-state index is 0.0358. The molecule has 23 heavy (non-hydrogen) atoms. The summed E-state index contributed by atoms with van der Waals surface area (Å²) in [5, 5.41) is 2.87. The van der Waals surface area contributed by atoms with Crippen molar-refractivity contribution in [3.8, 4) is 0 Å². The highest BCUT2D eigenvalue weighted by molar-refractivity contribution is 9.10. The van der Waals surface area contributed by atoms with E-state index in [0.29, 0.717) is 6.54 Å². The van der Waals surface area contributed by atoms with E-state index in [-0.39, 0.29) is 24.2 Å². The van der Waals surface area contributed by atoms with Crippen LogP contribution in [0.25, 0.3) is 0 Å². The summed E-state index contributed by atoms with van der Waals surface area (Å²) in [4.78, 5) is 26.3. The van der Waals surface area contributed by atoms with Gasteiger partial charge in [0.05, 0.1) is 11.6 Å². The van der Waals surface area contributed by atoms with E-state index in [0.717, 1.165) is 20.3 Å². The first-order valence-corrected chi connectivity index (χ1v) is 8.74. The lowest BCUT2D eigenvalue weighted by Crippen LogP contribution is -2.28. The van der Waals surface area contributed by atoms with Crippen LogP contribution >= 0.6 is 31.9 Å². The van der Waals surface area contributed by atoms with Crippen molar-refractivity contribution in [1.82, 2.24) is 0 Å². The molecule has 6 heteroatoms. The second-order valence-electron chi connectivity index (χ2n) is 5.36. The number of hydrogen-bond donors (Lipinski definition) is 1. The lowest BCUT2D eigenvalue weighted by molar-refractivity contribution is -0.122. The number of hydrogen-bond acceptors (Lipinski definition) is 2. The molecule has 0 radical (unpaired) electrons. The van der Waals surface area contributed by atoms with Gasteiger partial charge < -0.3 is 10.2 Å². The number of anilines is 2. The third-order valence-electron chi connectivity index (χ3n) is 3.73. The van der Waals surface area contributed by atoms with Crippen molar-refractivity contribution in [2.45, 2.75) is 6.42 Å². The number of nitrogens with zero attached hydrogens (tertiary/aromatic N) is 1. The first-order chi connectivity index (χ1) is 11.0. The van der Waals surface area contributed by atoms with Gasteiger partial charge in [0.25, 0.3) is 0 Å². The van der Waals surface area contributed by atoms with E-state index in [4.69, 9.17) is 0 Å². The molecule has 0 saturated carbocycles. The summed E-state index contributed by atoms with van der Waals surface area (Å²) in [6.07, 6.45) is 0.223. The molecule has 1 saturated heterocycles. The van der Waals surface area contributed by atoms with Gasteiger partial charge >= 0.3 is 0 Å². The Hall–Kier alpha value is -1.66. The van der Waals surface area contributed by atoms with Crippen LogP contribution in [0.3, 0.4) is 0 Å². The van der Waals surface area contributed by atoms with Gasteiger partial charge in [0, 0.05) is 27.6 Å². The Morgan fingerprint density at radius 2 is 1.91 bits per heavy atom. The van der Waals surface area contributed by atoms with Crippen molar-refractivity contribution in [2.75, 3.05) is 16.8 Å². The predicted molar refractivity (Wildman–Crippen MR) is 97.4 cm³/mol. The van der Waals surface area contributed by atoms with Crippen molar-refractivity contribution in [3.63, 3.8) is 0 Å². The molecule has 1 fully saturated rings. The molecule has 2 aromatic rings. The number of nitrogens with one attached hydrogen (secondary N) is 1. The van der Waals surface area contributed by atoms with Crippen molar-refractivity contribution in [3.05, 3.63) is 57.5 Å². The summed E-state index contributed by atoms with van der Waals surface area (Å²) in [6.45, 7) is 0.390. The molecule has 1 atom stereocenters. The monoisotopic (exact) mass is 436 g/mol. The smallest absolute Gasteiger partial charge is 0.229 e. The number of halogens is 2. The summed E-state index contributed by atoms with van der Waals surface area (Å²) in [6, 6.07) is 14.9. The number of carbonyl (C=O) groups excluding carboxylic acids is 2. The normalized spacial score (nSPS) is 17.4. The van der Waals surface area contributed by atoms with E-state index in [9.17, 15) is 9.59 Å². The van der Waals surface area contributed by atoms with Crippen LogP contribution in [-0.2, 0) is 9.59 Å². The molecule has 0 bridgehead atoms. The van der Waals surface area contributed by atoms with Crippen molar-refractivity contribution < 1.29 is 9.59 Å². The van der Waals surface area contributed by atoms with E-state index >= 15 is 0 Å². The molecule has 1 heterocycles. The summed E-state index contributed by atoms with van der Waals surface area (Å²) >= 11 is 6.83. The average Bonchev–Trinajstić information content (AvgIpc) is 2.90. The van der Waals surface area contributed by atoms with Crippen LogP contribution in [0.2, 0.25) is 0 Å². The SMILES string of the molecule is O=C(Nc1cccc(Br)c1)C1CC(=O)N(c2ccccc2Br)C1. The van der Waals surface area contributed by atoms with Crippen LogP contribution in [0.4, 0.5) is 11.4 Å². The molecule has 1 aliphatic rings. The Morgan fingerprint density at radius 3 is 2.65 bits per heavy atom. The zero-order valence-electron chi connectivity index (χ0n) is 12.1. The summed E-state index contributed by atoms with van der Waals surface area (Å²) < 4.78 is 1.74. The lowest BCUT2D eigenvalue weighted by atomic mass is 10.1. The van der Waals surface area contributed by atoms with E-state index in [1.54, 1.807) is 4.90 Å². The van der Waals surface area contributed by atoms with Crippen LogP contribution < -0.4 is 10.2 Å². The topological polar surface area (TPSA) is 49.4 Å². The van der Waals surface area contributed by atoms with Crippen LogP contribution in [-0.4, -0.2) is 18.4 Å². The van der Waals surface area contributed by atoms with Gasteiger partial charge in [-0.15, -0.1) is 0 Å². The second-order valence-corrected chi connectivity index (χ2v) is 7.13. The molecule has 0 aliphatic carbocycles. The van der Waals surface area contributed by atoms with E-state index in [1.807, 2.05) is 48.5 Å². The maximum Gasteiger partial charge on any atom is 0.229 e. The number of rotatable bonds is 3. The molecular formula is C17H14Br2N2O2. The van der Waals surface area contributed by atoms with Crippen molar-refractivity contribution in [1.29, 1.82) is 0 Å². The molecule has 1 unspecified atom stereocenters. The van der Waals surface area contributed by atoms with Crippen molar-refractivity contribution in [2.24, 2.45) is 5.92 Å². The molecule has 3 rings (SSSR count). The van der Waals surface area contributed by atoms with Crippen molar-refractivity contribution >= 4 is 55.0 Å². The van der Waals surface area contributed by atoms with Gasteiger partial charge in [-0.25, -0.2) is 0 Å². The van der Waals surface area contributed by atoms with Crippen LogP contribution in [0, 0.1) is 5.92 Å². The molecule has 0 spiro atoms. The Balaban J connectivity index is 1.72. The third kappa shape index (κ3) is 3.64. The number of carbonyl (C=O) groups is 2. The van der Waals surface area contributed by atoms with Gasteiger partial charge in [-0.1, -0.05) is 34.1 Å². The summed E-state index contributed by atoms with van der Waals surface area (Å²) in [7, 11) is 0. The fourth-order valence-corrected chi connectivity index (χ4v) is 3.50. The van der Waals surface area contributed by atoms with Gasteiger partial charge in [0.2, 0.25) is 11.8 Å². The molecule has 1 aliphatic heterocycles. The Morgan fingerprint density at radius 1 is 1.13 bits per heavy atom. The fourth-order valence-electron chi connectivity index (χ4n) is 2.60. The molecular weight excluding hydrogens is 424 g/mol. The summed E-state index contributed by atoms with van der Waals surface area (Å²) in [5.41, 5.74) is 1.52. The third-order valence-corrected chi connectivity index (χ3v) is 4.90. The highest BCUT2D eigenvalue weighted by atomic mass is 79.9. The van der Waals surface area contributed by atoms with E-state index in [1.165, 1.54) is 0 Å². The molecule has 0 aromatic heterocycles. The molecule has 2 aromatic carbocycles. The average molecular weight is 438 g/mol. The maximum absolute atomic E-state index is 12.4. The summed E-state index contributed by atoms with van der Waals surface area (Å²) in [5.74, 6) is -0.522. The highest BCUT2D eigenvalue weighted by Crippen LogP contribution is 2.31. The largest absolute Gasteiger partial charge is 0.326 e. The molecule has 4 nitrogen and oxygen atoms in total. The highest BCUT2D eigenvalue weighted by Gasteiger charge is 2.35. The number of para-hydroxylation sites is 1. The first-order valence-electron chi connectivity index (χ1n) is 7.16. The van der Waals surface area contributed by atoms with Gasteiger partial charge in [-0.2, -0.15) is 0 Å². The zero-order valence-corrected chi connectivity index (χ0v) is 15.3. The van der Waals surface area contributed by atoms with E-state index < -0.39 is 0 Å².